The second kappa shape index (κ2) is 7.44. The average molecular weight is 405 g/mol. The molecule has 1 aromatic carbocycles. The first kappa shape index (κ1) is 18.6. The summed E-state index contributed by atoms with van der Waals surface area (Å²) in [5.74, 6) is 1.38. The molecule has 1 amide bonds. The Balaban J connectivity index is 1.42. The molecule has 0 N–H and O–H groups in total. The number of amides is 1. The van der Waals surface area contributed by atoms with Gasteiger partial charge in [-0.3, -0.25) is 9.59 Å². The summed E-state index contributed by atoms with van der Waals surface area (Å²) in [4.78, 5) is 34.5. The highest BCUT2D eigenvalue weighted by Gasteiger charge is 2.31. The normalized spacial score (nSPS) is 16.7. The number of rotatable bonds is 4. The maximum Gasteiger partial charge on any atom is 0.275 e. The Morgan fingerprint density at radius 3 is 2.47 bits per heavy atom. The minimum atomic E-state index is -0.131. The van der Waals surface area contributed by atoms with Crippen molar-refractivity contribution in [2.45, 2.75) is 18.9 Å². The molecule has 8 heteroatoms. The summed E-state index contributed by atoms with van der Waals surface area (Å²) in [6.45, 7) is 2.41. The Kier molecular flexibility index (Phi) is 4.61. The fourth-order valence-corrected chi connectivity index (χ4v) is 3.98. The van der Waals surface area contributed by atoms with Crippen LogP contribution in [0.15, 0.2) is 47.4 Å². The zero-order valence-electron chi connectivity index (χ0n) is 16.8. The van der Waals surface area contributed by atoms with Gasteiger partial charge < -0.3 is 14.5 Å². The first-order valence-electron chi connectivity index (χ1n) is 10.2. The number of piperazine rings is 1. The lowest BCUT2D eigenvalue weighted by molar-refractivity contribution is 0.0740. The fraction of sp³-hybridized carbons (Fsp3) is 0.364. The quantitative estimate of drug-likeness (QED) is 0.661. The van der Waals surface area contributed by atoms with Crippen LogP contribution >= 0.6 is 0 Å². The van der Waals surface area contributed by atoms with Gasteiger partial charge in [-0.15, -0.1) is 0 Å². The number of carbonyl (C=O) groups excluding carboxylic acids is 1. The molecule has 0 unspecified atom stereocenters. The van der Waals surface area contributed by atoms with Crippen molar-refractivity contribution in [3.05, 3.63) is 58.6 Å². The summed E-state index contributed by atoms with van der Waals surface area (Å²) in [6.07, 6.45) is 3.61. The summed E-state index contributed by atoms with van der Waals surface area (Å²) >= 11 is 0. The third-order valence-electron chi connectivity index (χ3n) is 5.76. The molecule has 3 heterocycles. The van der Waals surface area contributed by atoms with Crippen LogP contribution in [0, 0.1) is 0 Å². The van der Waals surface area contributed by atoms with Crippen molar-refractivity contribution >= 4 is 22.5 Å². The molecule has 3 aromatic rings. The van der Waals surface area contributed by atoms with Gasteiger partial charge in [0.2, 0.25) is 0 Å². The average Bonchev–Trinajstić information content (AvgIpc) is 3.64. The Labute approximate surface area is 173 Å². The highest BCUT2D eigenvalue weighted by atomic mass is 16.5. The molecule has 1 aliphatic carbocycles. The number of benzene rings is 1. The summed E-state index contributed by atoms with van der Waals surface area (Å²) < 4.78 is 6.92. The zero-order valence-corrected chi connectivity index (χ0v) is 16.8. The van der Waals surface area contributed by atoms with Crippen molar-refractivity contribution in [1.29, 1.82) is 0 Å². The molecule has 1 saturated carbocycles. The van der Waals surface area contributed by atoms with Gasteiger partial charge in [0.1, 0.15) is 0 Å². The Hall–Kier alpha value is -3.42. The van der Waals surface area contributed by atoms with E-state index in [0.29, 0.717) is 42.6 Å². The molecular formula is C22H23N5O3. The second-order valence-corrected chi connectivity index (χ2v) is 7.68. The van der Waals surface area contributed by atoms with Crippen LogP contribution in [0.25, 0.3) is 10.8 Å². The summed E-state index contributed by atoms with van der Waals surface area (Å²) in [6, 6.07) is 11.1. The molecule has 0 bridgehead atoms. The molecule has 1 saturated heterocycles. The van der Waals surface area contributed by atoms with E-state index in [0.717, 1.165) is 24.4 Å². The SMILES string of the molecule is COc1cccnc1N1CCN(C(=O)c2nn(C3CC3)c(=O)c3ccccc23)CC1. The van der Waals surface area contributed by atoms with Crippen LogP contribution in [0.1, 0.15) is 29.4 Å². The van der Waals surface area contributed by atoms with E-state index in [9.17, 15) is 9.59 Å². The predicted octanol–water partition coefficient (Wildman–Crippen LogP) is 2.10. The van der Waals surface area contributed by atoms with Crippen molar-refractivity contribution in [1.82, 2.24) is 19.7 Å². The second-order valence-electron chi connectivity index (χ2n) is 7.68. The molecule has 2 aliphatic rings. The van der Waals surface area contributed by atoms with Gasteiger partial charge >= 0.3 is 0 Å². The minimum Gasteiger partial charge on any atom is -0.493 e. The van der Waals surface area contributed by atoms with Crippen molar-refractivity contribution in [3.63, 3.8) is 0 Å². The van der Waals surface area contributed by atoms with Crippen molar-refractivity contribution < 1.29 is 9.53 Å². The largest absolute Gasteiger partial charge is 0.493 e. The van der Waals surface area contributed by atoms with Gasteiger partial charge in [-0.25, -0.2) is 9.67 Å². The molecule has 8 nitrogen and oxygen atoms in total. The van der Waals surface area contributed by atoms with Crippen LogP contribution in [-0.4, -0.2) is 58.9 Å². The highest BCUT2D eigenvalue weighted by Crippen LogP contribution is 2.33. The summed E-state index contributed by atoms with van der Waals surface area (Å²) in [5.41, 5.74) is 0.248. The molecule has 2 aromatic heterocycles. The van der Waals surface area contributed by atoms with Crippen LogP contribution in [0.5, 0.6) is 5.75 Å². The molecule has 2 fully saturated rings. The number of fused-ring (bicyclic) bond motifs is 1. The number of carbonyl (C=O) groups is 1. The monoisotopic (exact) mass is 405 g/mol. The fourth-order valence-electron chi connectivity index (χ4n) is 3.98. The molecule has 30 heavy (non-hydrogen) atoms. The van der Waals surface area contributed by atoms with Gasteiger partial charge in [0.25, 0.3) is 11.5 Å². The van der Waals surface area contributed by atoms with Gasteiger partial charge in [0.05, 0.1) is 18.5 Å². The predicted molar refractivity (Wildman–Crippen MR) is 113 cm³/mol. The smallest absolute Gasteiger partial charge is 0.275 e. The van der Waals surface area contributed by atoms with Crippen molar-refractivity contribution in [2.24, 2.45) is 0 Å². The Morgan fingerprint density at radius 1 is 1.03 bits per heavy atom. The van der Waals surface area contributed by atoms with Gasteiger partial charge in [-0.2, -0.15) is 5.10 Å². The number of hydrogen-bond acceptors (Lipinski definition) is 6. The van der Waals surface area contributed by atoms with Crippen LogP contribution in [0.2, 0.25) is 0 Å². The Bertz CT molecular complexity index is 1160. The van der Waals surface area contributed by atoms with E-state index >= 15 is 0 Å². The number of ether oxygens (including phenoxy) is 1. The van der Waals surface area contributed by atoms with E-state index in [2.05, 4.69) is 15.0 Å². The minimum absolute atomic E-state index is 0.113. The van der Waals surface area contributed by atoms with Gasteiger partial charge in [-0.1, -0.05) is 18.2 Å². The van der Waals surface area contributed by atoms with Crippen LogP contribution in [0.4, 0.5) is 5.82 Å². The molecule has 0 atom stereocenters. The molecule has 5 rings (SSSR count). The van der Waals surface area contributed by atoms with E-state index in [-0.39, 0.29) is 17.5 Å². The van der Waals surface area contributed by atoms with E-state index in [4.69, 9.17) is 4.74 Å². The molecule has 0 radical (unpaired) electrons. The number of hydrogen-bond donors (Lipinski definition) is 0. The third-order valence-corrected chi connectivity index (χ3v) is 5.76. The lowest BCUT2D eigenvalue weighted by Crippen LogP contribution is -2.49. The molecule has 154 valence electrons. The van der Waals surface area contributed by atoms with Crippen LogP contribution < -0.4 is 15.2 Å². The van der Waals surface area contributed by atoms with E-state index in [1.165, 1.54) is 4.68 Å². The van der Waals surface area contributed by atoms with Crippen LogP contribution in [0.3, 0.4) is 0 Å². The molecule has 1 aliphatic heterocycles. The highest BCUT2D eigenvalue weighted by molar-refractivity contribution is 6.04. The first-order valence-corrected chi connectivity index (χ1v) is 10.2. The molecule has 0 spiro atoms. The number of methoxy groups -OCH3 is 1. The standard InChI is InChI=1S/C22H23N5O3/c1-30-18-7-4-10-23-20(18)25-11-13-26(14-12-25)22(29)19-16-5-2-3-6-17(16)21(28)27(24-19)15-8-9-15/h2-7,10,15H,8-9,11-14H2,1H3. The lowest BCUT2D eigenvalue weighted by Gasteiger charge is -2.35. The Morgan fingerprint density at radius 2 is 1.77 bits per heavy atom. The maximum atomic E-state index is 13.4. The van der Waals surface area contributed by atoms with E-state index < -0.39 is 0 Å². The number of pyridine rings is 1. The van der Waals surface area contributed by atoms with Gasteiger partial charge in [0, 0.05) is 37.8 Å². The number of anilines is 1. The van der Waals surface area contributed by atoms with Gasteiger partial charge in [0.15, 0.2) is 17.3 Å². The van der Waals surface area contributed by atoms with E-state index in [1.54, 1.807) is 19.4 Å². The van der Waals surface area contributed by atoms with E-state index in [1.807, 2.05) is 35.2 Å². The third kappa shape index (κ3) is 3.18. The number of nitrogens with zero attached hydrogens (tertiary/aromatic N) is 5. The van der Waals surface area contributed by atoms with Gasteiger partial charge in [-0.05, 0) is 31.0 Å². The molecular weight excluding hydrogens is 382 g/mol. The maximum absolute atomic E-state index is 13.4. The topological polar surface area (TPSA) is 80.6 Å². The summed E-state index contributed by atoms with van der Waals surface area (Å²) in [7, 11) is 1.63. The lowest BCUT2D eigenvalue weighted by atomic mass is 10.1. The number of aromatic nitrogens is 3. The van der Waals surface area contributed by atoms with Crippen molar-refractivity contribution in [2.75, 3.05) is 38.2 Å². The summed E-state index contributed by atoms with van der Waals surface area (Å²) in [5, 5.41) is 5.69. The van der Waals surface area contributed by atoms with Crippen molar-refractivity contribution in [3.8, 4) is 5.75 Å². The van der Waals surface area contributed by atoms with Crippen LogP contribution in [-0.2, 0) is 0 Å². The first-order chi connectivity index (χ1) is 14.7. The zero-order chi connectivity index (χ0) is 20.7.